The molecule has 7 heteroatoms. The largest absolute Gasteiger partial charge is 0.339 e. The fourth-order valence-corrected chi connectivity index (χ4v) is 5.74. The average Bonchev–Trinajstić information content (AvgIpc) is 2.90. The number of likely N-dealkylation sites (tertiary alicyclic amines) is 1. The summed E-state index contributed by atoms with van der Waals surface area (Å²) >= 11 is 0. The van der Waals surface area contributed by atoms with E-state index in [2.05, 4.69) is 10.0 Å². The van der Waals surface area contributed by atoms with E-state index in [0.29, 0.717) is 23.0 Å². The van der Waals surface area contributed by atoms with Gasteiger partial charge in [-0.15, -0.1) is 0 Å². The summed E-state index contributed by atoms with van der Waals surface area (Å²) < 4.78 is 27.3. The molecule has 0 unspecified atom stereocenters. The lowest BCUT2D eigenvalue weighted by atomic mass is 9.92. The minimum atomic E-state index is -3.46. The molecule has 0 bridgehead atoms. The third kappa shape index (κ3) is 5.53. The smallest absolute Gasteiger partial charge is 0.253 e. The topological polar surface area (TPSA) is 78.5 Å². The monoisotopic (exact) mass is 393 g/mol. The second kappa shape index (κ2) is 7.89. The van der Waals surface area contributed by atoms with Crippen LogP contribution in [0.15, 0.2) is 24.3 Å². The predicted octanol–water partition coefficient (Wildman–Crippen LogP) is 1.98. The van der Waals surface area contributed by atoms with Gasteiger partial charge in [-0.05, 0) is 76.2 Å². The van der Waals surface area contributed by atoms with E-state index >= 15 is 0 Å². The van der Waals surface area contributed by atoms with Crippen molar-refractivity contribution in [1.82, 2.24) is 14.9 Å². The van der Waals surface area contributed by atoms with Gasteiger partial charge in [0.2, 0.25) is 10.0 Å². The first-order valence-corrected chi connectivity index (χ1v) is 11.4. The molecule has 6 nitrogen and oxygen atoms in total. The molecule has 3 rings (SSSR count). The van der Waals surface area contributed by atoms with Crippen LogP contribution < -0.4 is 10.0 Å². The van der Waals surface area contributed by atoms with Gasteiger partial charge in [-0.25, -0.2) is 13.1 Å². The van der Waals surface area contributed by atoms with Gasteiger partial charge >= 0.3 is 0 Å². The quantitative estimate of drug-likeness (QED) is 0.820. The fourth-order valence-electron chi connectivity index (χ4n) is 4.12. The summed E-state index contributed by atoms with van der Waals surface area (Å²) in [5.74, 6) is 1.22. The maximum Gasteiger partial charge on any atom is 0.253 e. The summed E-state index contributed by atoms with van der Waals surface area (Å²) in [5.41, 5.74) is 0.683. The predicted molar refractivity (Wildman–Crippen MR) is 107 cm³/mol. The molecule has 2 atom stereocenters. The Morgan fingerprint density at radius 3 is 2.41 bits per heavy atom. The van der Waals surface area contributed by atoms with Crippen LogP contribution in [0.3, 0.4) is 0 Å². The highest BCUT2D eigenvalue weighted by Crippen LogP contribution is 2.27. The molecule has 2 heterocycles. The molecule has 150 valence electrons. The molecular formula is C20H31N3O3S. The summed E-state index contributed by atoms with van der Waals surface area (Å²) in [5, 5.41) is 3.45. The van der Waals surface area contributed by atoms with E-state index in [-0.39, 0.29) is 11.7 Å². The Hall–Kier alpha value is -1.44. The molecule has 0 aliphatic carbocycles. The number of nitrogens with zero attached hydrogens (tertiary/aromatic N) is 1. The second-order valence-electron chi connectivity index (χ2n) is 8.86. The van der Waals surface area contributed by atoms with Crippen LogP contribution in [0.5, 0.6) is 0 Å². The highest BCUT2D eigenvalue weighted by Gasteiger charge is 2.31. The highest BCUT2D eigenvalue weighted by molar-refractivity contribution is 7.88. The van der Waals surface area contributed by atoms with Crippen LogP contribution in [-0.2, 0) is 15.8 Å². The molecule has 1 amide bonds. The van der Waals surface area contributed by atoms with Crippen molar-refractivity contribution in [2.45, 2.75) is 44.9 Å². The summed E-state index contributed by atoms with van der Waals surface area (Å²) in [6.45, 7) is 9.10. The van der Waals surface area contributed by atoms with E-state index < -0.39 is 15.6 Å². The molecule has 0 saturated carbocycles. The minimum absolute atomic E-state index is 0.00552. The van der Waals surface area contributed by atoms with Crippen LogP contribution in [0.4, 0.5) is 0 Å². The Morgan fingerprint density at radius 1 is 1.19 bits per heavy atom. The molecule has 1 aromatic carbocycles. The van der Waals surface area contributed by atoms with Crippen molar-refractivity contribution in [2.75, 3.05) is 26.2 Å². The molecule has 1 aromatic rings. The number of sulfonamides is 1. The number of hydrogen-bond acceptors (Lipinski definition) is 4. The Labute approximate surface area is 162 Å². The van der Waals surface area contributed by atoms with Gasteiger partial charge in [-0.1, -0.05) is 12.1 Å². The normalized spacial score (nSPS) is 23.7. The average molecular weight is 394 g/mol. The van der Waals surface area contributed by atoms with Gasteiger partial charge in [-0.3, -0.25) is 4.79 Å². The highest BCUT2D eigenvalue weighted by atomic mass is 32.2. The first-order chi connectivity index (χ1) is 12.6. The van der Waals surface area contributed by atoms with E-state index in [1.54, 1.807) is 24.3 Å². The van der Waals surface area contributed by atoms with E-state index in [1.165, 1.54) is 0 Å². The molecular weight excluding hydrogens is 362 g/mol. The number of amides is 1. The summed E-state index contributed by atoms with van der Waals surface area (Å²) in [7, 11) is -3.46. The lowest BCUT2D eigenvalue weighted by molar-refractivity contribution is 0.0758. The lowest BCUT2D eigenvalue weighted by Gasteiger charge is -2.22. The molecule has 0 radical (unpaired) electrons. The molecule has 2 fully saturated rings. The number of nitrogens with one attached hydrogen (secondary N) is 2. The number of fused-ring (bicyclic) bond motifs is 1. The first kappa shape index (κ1) is 20.3. The Kier molecular flexibility index (Phi) is 5.93. The van der Waals surface area contributed by atoms with Crippen molar-refractivity contribution in [1.29, 1.82) is 0 Å². The maximum atomic E-state index is 13.0. The van der Waals surface area contributed by atoms with Crippen LogP contribution in [-0.4, -0.2) is 50.9 Å². The minimum Gasteiger partial charge on any atom is -0.339 e. The molecule has 2 aliphatic heterocycles. The Morgan fingerprint density at radius 2 is 1.81 bits per heavy atom. The molecule has 2 aliphatic rings. The first-order valence-electron chi connectivity index (χ1n) is 9.73. The Bertz CT molecular complexity index is 772. The van der Waals surface area contributed by atoms with E-state index in [1.807, 2.05) is 25.7 Å². The zero-order valence-electron chi connectivity index (χ0n) is 16.5. The lowest BCUT2D eigenvalue weighted by Crippen LogP contribution is -2.41. The summed E-state index contributed by atoms with van der Waals surface area (Å²) in [4.78, 5) is 14.9. The van der Waals surface area contributed by atoms with Crippen LogP contribution in [0.2, 0.25) is 0 Å². The van der Waals surface area contributed by atoms with Crippen LogP contribution in [0.1, 0.15) is 49.5 Å². The van der Waals surface area contributed by atoms with Crippen molar-refractivity contribution >= 4 is 15.9 Å². The molecule has 2 saturated heterocycles. The van der Waals surface area contributed by atoms with Gasteiger partial charge < -0.3 is 10.2 Å². The SMILES string of the molecule is CC(C)(C)NS(=O)(=O)Cc1cccc(C(=O)N2CC[C@@H]3CNC[C@@H]3CC2)c1. The van der Waals surface area contributed by atoms with E-state index in [0.717, 1.165) is 39.0 Å². The third-order valence-corrected chi connectivity index (χ3v) is 6.94. The van der Waals surface area contributed by atoms with Crippen LogP contribution in [0.25, 0.3) is 0 Å². The summed E-state index contributed by atoms with van der Waals surface area (Å²) in [6, 6.07) is 7.03. The van der Waals surface area contributed by atoms with Crippen molar-refractivity contribution in [3.8, 4) is 0 Å². The number of carbonyl (C=O) groups is 1. The van der Waals surface area contributed by atoms with Gasteiger partial charge in [0.15, 0.2) is 0 Å². The molecule has 0 aromatic heterocycles. The molecule has 27 heavy (non-hydrogen) atoms. The van der Waals surface area contributed by atoms with Gasteiger partial charge in [0.05, 0.1) is 5.75 Å². The van der Waals surface area contributed by atoms with Gasteiger partial charge in [0, 0.05) is 24.2 Å². The number of hydrogen-bond donors (Lipinski definition) is 2. The summed E-state index contributed by atoms with van der Waals surface area (Å²) in [6.07, 6.45) is 2.07. The van der Waals surface area contributed by atoms with Crippen molar-refractivity contribution < 1.29 is 13.2 Å². The van der Waals surface area contributed by atoms with Gasteiger partial charge in [-0.2, -0.15) is 0 Å². The van der Waals surface area contributed by atoms with Gasteiger partial charge in [0.1, 0.15) is 0 Å². The molecule has 2 N–H and O–H groups in total. The second-order valence-corrected chi connectivity index (χ2v) is 10.6. The zero-order valence-corrected chi connectivity index (χ0v) is 17.3. The van der Waals surface area contributed by atoms with Gasteiger partial charge in [0.25, 0.3) is 5.91 Å². The number of carbonyl (C=O) groups excluding carboxylic acids is 1. The van der Waals surface area contributed by atoms with Crippen molar-refractivity contribution in [3.05, 3.63) is 35.4 Å². The van der Waals surface area contributed by atoms with E-state index in [4.69, 9.17) is 0 Å². The number of rotatable bonds is 4. The molecule has 0 spiro atoms. The third-order valence-electron chi connectivity index (χ3n) is 5.30. The maximum absolute atomic E-state index is 13.0. The fraction of sp³-hybridized carbons (Fsp3) is 0.650. The Balaban J connectivity index is 1.68. The van der Waals surface area contributed by atoms with Crippen LogP contribution >= 0.6 is 0 Å². The van der Waals surface area contributed by atoms with Crippen molar-refractivity contribution in [2.24, 2.45) is 11.8 Å². The van der Waals surface area contributed by atoms with Crippen molar-refractivity contribution in [3.63, 3.8) is 0 Å². The van der Waals surface area contributed by atoms with Crippen LogP contribution in [0, 0.1) is 11.8 Å². The number of benzene rings is 1. The standard InChI is InChI=1S/C20H31N3O3S/c1-20(2,3)22-27(25,26)14-15-5-4-6-16(11-15)19(24)23-9-7-17-12-21-13-18(17)8-10-23/h4-6,11,17-18,21-22H,7-10,12-14H2,1-3H3/t17-,18+. The van der Waals surface area contributed by atoms with E-state index in [9.17, 15) is 13.2 Å². The zero-order chi connectivity index (χ0) is 19.7.